The highest BCUT2D eigenvalue weighted by molar-refractivity contribution is 14.1. The van der Waals surface area contributed by atoms with Gasteiger partial charge >= 0.3 is 0 Å². The molecular formula is C20H24IN5O2. The lowest BCUT2D eigenvalue weighted by Gasteiger charge is -2.12. The minimum Gasteiger partial charge on any atom is -0.454 e. The Morgan fingerprint density at radius 1 is 1.29 bits per heavy atom. The third kappa shape index (κ3) is 3.88. The lowest BCUT2D eigenvalue weighted by atomic mass is 10.1. The number of imidazole rings is 1. The molecule has 1 aliphatic rings. The van der Waals surface area contributed by atoms with E-state index in [1.807, 2.05) is 18.2 Å². The number of ether oxygens (including phenoxy) is 2. The molecular weight excluding hydrogens is 469 g/mol. The van der Waals surface area contributed by atoms with E-state index in [9.17, 15) is 0 Å². The molecule has 8 heteroatoms. The first kappa shape index (κ1) is 19.3. The van der Waals surface area contributed by atoms with Gasteiger partial charge in [-0.2, -0.15) is 0 Å². The van der Waals surface area contributed by atoms with Crippen molar-refractivity contribution in [1.82, 2.24) is 19.9 Å². The molecule has 3 N–H and O–H groups in total. The largest absolute Gasteiger partial charge is 0.454 e. The van der Waals surface area contributed by atoms with Crippen LogP contribution in [0.3, 0.4) is 0 Å². The van der Waals surface area contributed by atoms with Crippen molar-refractivity contribution in [2.24, 2.45) is 5.92 Å². The van der Waals surface area contributed by atoms with Gasteiger partial charge in [0.25, 0.3) is 0 Å². The molecule has 0 radical (unpaired) electrons. The van der Waals surface area contributed by atoms with Crippen molar-refractivity contribution >= 4 is 39.4 Å². The van der Waals surface area contributed by atoms with E-state index in [-0.39, 0.29) is 6.79 Å². The summed E-state index contributed by atoms with van der Waals surface area (Å²) in [4.78, 5) is 9.03. The predicted octanol–water partition coefficient (Wildman–Crippen LogP) is 3.18. The topological polar surface area (TPSA) is 87.2 Å². The molecule has 0 spiro atoms. The second-order valence-electron chi connectivity index (χ2n) is 7.32. The molecule has 0 bridgehead atoms. The first-order valence-electron chi connectivity index (χ1n) is 9.41. The molecule has 1 aromatic carbocycles. The van der Waals surface area contributed by atoms with Gasteiger partial charge in [-0.1, -0.05) is 13.8 Å². The molecule has 0 unspecified atom stereocenters. The van der Waals surface area contributed by atoms with Crippen molar-refractivity contribution in [1.29, 1.82) is 0 Å². The first-order chi connectivity index (χ1) is 13.5. The van der Waals surface area contributed by atoms with Crippen LogP contribution in [0.5, 0.6) is 11.5 Å². The molecule has 0 saturated heterocycles. The summed E-state index contributed by atoms with van der Waals surface area (Å²) in [5.41, 5.74) is 9.02. The van der Waals surface area contributed by atoms with Gasteiger partial charge in [0.1, 0.15) is 11.3 Å². The fraction of sp³-hybridized carbons (Fsp3) is 0.400. The average Bonchev–Trinajstić information content (AvgIpc) is 3.24. The third-order valence-electron chi connectivity index (χ3n) is 4.73. The van der Waals surface area contributed by atoms with E-state index in [4.69, 9.17) is 20.2 Å². The number of aromatic nitrogens is 3. The highest BCUT2D eigenvalue weighted by Crippen LogP contribution is 2.36. The number of nitrogens with one attached hydrogen (secondary N) is 1. The van der Waals surface area contributed by atoms with Gasteiger partial charge in [-0.3, -0.25) is 0 Å². The van der Waals surface area contributed by atoms with E-state index < -0.39 is 0 Å². The molecule has 28 heavy (non-hydrogen) atoms. The van der Waals surface area contributed by atoms with E-state index in [0.29, 0.717) is 18.2 Å². The molecule has 148 valence electrons. The number of pyridine rings is 1. The van der Waals surface area contributed by atoms with Crippen molar-refractivity contribution in [2.45, 2.75) is 26.8 Å². The first-order valence-corrected chi connectivity index (χ1v) is 10.5. The van der Waals surface area contributed by atoms with Crippen LogP contribution in [0.25, 0.3) is 11.0 Å². The molecule has 0 fully saturated rings. The van der Waals surface area contributed by atoms with Gasteiger partial charge in [-0.05, 0) is 58.8 Å². The number of hydrogen-bond acceptors (Lipinski definition) is 6. The zero-order chi connectivity index (χ0) is 19.7. The van der Waals surface area contributed by atoms with Gasteiger partial charge < -0.3 is 25.1 Å². The van der Waals surface area contributed by atoms with Crippen LogP contribution in [0.15, 0.2) is 24.4 Å². The second-order valence-corrected chi connectivity index (χ2v) is 8.48. The van der Waals surface area contributed by atoms with Crippen molar-refractivity contribution in [3.63, 3.8) is 0 Å². The molecule has 0 saturated carbocycles. The molecule has 4 rings (SSSR count). The fourth-order valence-electron chi connectivity index (χ4n) is 3.35. The Morgan fingerprint density at radius 2 is 2.07 bits per heavy atom. The number of anilines is 1. The zero-order valence-corrected chi connectivity index (χ0v) is 18.2. The van der Waals surface area contributed by atoms with E-state index in [1.165, 1.54) is 0 Å². The van der Waals surface area contributed by atoms with Crippen LogP contribution >= 0.6 is 22.6 Å². The summed E-state index contributed by atoms with van der Waals surface area (Å²) in [6.45, 7) is 7.38. The molecule has 0 atom stereocenters. The molecule has 7 nitrogen and oxygen atoms in total. The maximum atomic E-state index is 6.09. The molecule has 0 aliphatic carbocycles. The maximum Gasteiger partial charge on any atom is 0.231 e. The Labute approximate surface area is 177 Å². The number of nitrogen functional groups attached to an aromatic ring is 1. The number of halogens is 1. The predicted molar refractivity (Wildman–Crippen MR) is 118 cm³/mol. The summed E-state index contributed by atoms with van der Waals surface area (Å²) in [5.74, 6) is 3.64. The Hall–Kier alpha value is -2.07. The summed E-state index contributed by atoms with van der Waals surface area (Å²) in [6, 6.07) is 6.05. The fourth-order valence-corrected chi connectivity index (χ4v) is 3.98. The van der Waals surface area contributed by atoms with Crippen LogP contribution in [0.4, 0.5) is 5.82 Å². The lowest BCUT2D eigenvalue weighted by Crippen LogP contribution is -2.24. The van der Waals surface area contributed by atoms with E-state index in [0.717, 1.165) is 57.1 Å². The van der Waals surface area contributed by atoms with Gasteiger partial charge in [-0.15, -0.1) is 0 Å². The summed E-state index contributed by atoms with van der Waals surface area (Å²) < 4.78 is 14.4. The molecule has 3 aromatic rings. The highest BCUT2D eigenvalue weighted by atomic mass is 127. The molecule has 3 heterocycles. The van der Waals surface area contributed by atoms with Crippen molar-refractivity contribution in [3.8, 4) is 11.5 Å². The summed E-state index contributed by atoms with van der Waals surface area (Å²) in [6.07, 6.45) is 2.43. The van der Waals surface area contributed by atoms with Crippen LogP contribution < -0.4 is 20.5 Å². The van der Waals surface area contributed by atoms with E-state index in [2.05, 4.69) is 51.3 Å². The smallest absolute Gasteiger partial charge is 0.231 e. The van der Waals surface area contributed by atoms with E-state index in [1.54, 1.807) is 6.20 Å². The summed E-state index contributed by atoms with van der Waals surface area (Å²) in [7, 11) is 0. The van der Waals surface area contributed by atoms with Crippen molar-refractivity contribution in [3.05, 3.63) is 39.4 Å². The molecule has 1 aliphatic heterocycles. The number of hydrogen-bond donors (Lipinski definition) is 2. The van der Waals surface area contributed by atoms with Crippen LogP contribution in [-0.4, -0.2) is 34.4 Å². The van der Waals surface area contributed by atoms with Crippen LogP contribution in [0, 0.1) is 9.49 Å². The minimum absolute atomic E-state index is 0.275. The van der Waals surface area contributed by atoms with E-state index >= 15 is 0 Å². The Bertz CT molecular complexity index is 1000. The van der Waals surface area contributed by atoms with Gasteiger partial charge in [0, 0.05) is 29.3 Å². The van der Waals surface area contributed by atoms with Crippen molar-refractivity contribution in [2.75, 3.05) is 25.6 Å². The van der Waals surface area contributed by atoms with Gasteiger partial charge in [-0.25, -0.2) is 9.97 Å². The third-order valence-corrected chi connectivity index (χ3v) is 5.73. The molecule has 0 amide bonds. The number of rotatable bonds is 7. The monoisotopic (exact) mass is 493 g/mol. The maximum absolute atomic E-state index is 6.09. The highest BCUT2D eigenvalue weighted by Gasteiger charge is 2.19. The quantitative estimate of drug-likeness (QED) is 0.389. The number of fused-ring (bicyclic) bond motifs is 2. The summed E-state index contributed by atoms with van der Waals surface area (Å²) >= 11 is 2.34. The standard InChI is InChI=1S/C20H24IN5O2/c1-12(2)10-23-5-6-26-15-3-4-24-20(22)19(15)25-18(26)8-13-7-16-17(9-14(13)21)28-11-27-16/h3-4,7,9,12,23H,5-6,8,10-11H2,1-2H3,(H2,22,24). The minimum atomic E-state index is 0.275. The Balaban J connectivity index is 1.66. The Morgan fingerprint density at radius 3 is 2.86 bits per heavy atom. The van der Waals surface area contributed by atoms with Crippen LogP contribution in [-0.2, 0) is 13.0 Å². The Kier molecular flexibility index (Phi) is 5.58. The number of benzene rings is 1. The average molecular weight is 493 g/mol. The van der Waals surface area contributed by atoms with Gasteiger partial charge in [0.05, 0.1) is 5.52 Å². The number of nitrogens with two attached hydrogens (primary N) is 1. The second kappa shape index (κ2) is 8.12. The normalized spacial score (nSPS) is 13.0. The SMILES string of the molecule is CC(C)CNCCn1c(Cc2cc3c(cc2I)OCO3)nc2c(N)nccc21. The van der Waals surface area contributed by atoms with Crippen molar-refractivity contribution < 1.29 is 9.47 Å². The summed E-state index contributed by atoms with van der Waals surface area (Å²) in [5, 5.41) is 3.51. The lowest BCUT2D eigenvalue weighted by molar-refractivity contribution is 0.174. The zero-order valence-electron chi connectivity index (χ0n) is 16.0. The van der Waals surface area contributed by atoms with Gasteiger partial charge in [0.15, 0.2) is 17.3 Å². The number of nitrogens with zero attached hydrogens (tertiary/aromatic N) is 3. The van der Waals surface area contributed by atoms with Crippen LogP contribution in [0.2, 0.25) is 0 Å². The molecule has 2 aromatic heterocycles. The van der Waals surface area contributed by atoms with Crippen LogP contribution in [0.1, 0.15) is 25.2 Å². The van der Waals surface area contributed by atoms with Gasteiger partial charge in [0.2, 0.25) is 6.79 Å².